The zero-order valence-corrected chi connectivity index (χ0v) is 11.2. The molecule has 0 aliphatic rings. The Kier molecular flexibility index (Phi) is 4.41. The van der Waals surface area contributed by atoms with Crippen LogP contribution in [0.1, 0.15) is 30.8 Å². The average Bonchev–Trinajstić information content (AvgIpc) is 2.95. The number of H-pyrrole nitrogens is 1. The van der Waals surface area contributed by atoms with Crippen LogP contribution >= 0.6 is 0 Å². The van der Waals surface area contributed by atoms with Gasteiger partial charge in [-0.1, -0.05) is 13.0 Å². The lowest BCUT2D eigenvalue weighted by atomic mass is 10.1. The third-order valence-corrected chi connectivity index (χ3v) is 3.09. The molecule has 0 fully saturated rings. The monoisotopic (exact) mass is 261 g/mol. The van der Waals surface area contributed by atoms with E-state index in [-0.39, 0.29) is 11.8 Å². The normalized spacial score (nSPS) is 12.3. The van der Waals surface area contributed by atoms with Crippen molar-refractivity contribution in [3.63, 3.8) is 0 Å². The van der Waals surface area contributed by atoms with Gasteiger partial charge in [0.05, 0.1) is 13.2 Å². The number of hydrogen-bond acceptors (Lipinski definition) is 4. The Morgan fingerprint density at radius 1 is 1.47 bits per heavy atom. The zero-order valence-electron chi connectivity index (χ0n) is 11.2. The van der Waals surface area contributed by atoms with E-state index in [1.54, 1.807) is 19.4 Å². The molecule has 0 aliphatic carbocycles. The number of aromatic hydroxyl groups is 1. The molecule has 2 aromatic rings. The number of hydrogen-bond donors (Lipinski definition) is 3. The van der Waals surface area contributed by atoms with Crippen LogP contribution in [0.25, 0.3) is 0 Å². The Morgan fingerprint density at radius 3 is 2.89 bits per heavy atom. The molecule has 5 heteroatoms. The van der Waals surface area contributed by atoms with E-state index in [4.69, 9.17) is 4.74 Å². The molecular formula is C14H19N3O2. The molecule has 1 aromatic carbocycles. The van der Waals surface area contributed by atoms with Gasteiger partial charge in [-0.25, -0.2) is 4.98 Å². The van der Waals surface area contributed by atoms with Crippen molar-refractivity contribution in [2.24, 2.45) is 0 Å². The van der Waals surface area contributed by atoms with Crippen molar-refractivity contribution in [2.75, 3.05) is 7.11 Å². The summed E-state index contributed by atoms with van der Waals surface area (Å²) in [5, 5.41) is 13.3. The molecule has 0 amide bonds. The summed E-state index contributed by atoms with van der Waals surface area (Å²) in [5.41, 5.74) is 0.839. The van der Waals surface area contributed by atoms with E-state index >= 15 is 0 Å². The summed E-state index contributed by atoms with van der Waals surface area (Å²) < 4.78 is 5.06. The maximum absolute atomic E-state index is 9.90. The Bertz CT molecular complexity index is 511. The van der Waals surface area contributed by atoms with Crippen LogP contribution in [0.5, 0.6) is 11.5 Å². The Hall–Kier alpha value is -2.01. The molecule has 102 valence electrons. The molecule has 19 heavy (non-hydrogen) atoms. The highest BCUT2D eigenvalue weighted by Crippen LogP contribution is 2.24. The number of ether oxygens (including phenoxy) is 1. The van der Waals surface area contributed by atoms with E-state index < -0.39 is 0 Å². The average molecular weight is 261 g/mol. The third kappa shape index (κ3) is 3.26. The highest BCUT2D eigenvalue weighted by atomic mass is 16.5. The van der Waals surface area contributed by atoms with Crippen LogP contribution in [0.2, 0.25) is 0 Å². The fourth-order valence-corrected chi connectivity index (χ4v) is 1.96. The number of phenolic OH excluding ortho intramolecular Hbond substituents is 1. The largest absolute Gasteiger partial charge is 0.507 e. The summed E-state index contributed by atoms with van der Waals surface area (Å²) in [5.74, 6) is 1.80. The van der Waals surface area contributed by atoms with Gasteiger partial charge in [0, 0.05) is 30.6 Å². The molecule has 1 atom stereocenters. The fourth-order valence-electron chi connectivity index (χ4n) is 1.96. The van der Waals surface area contributed by atoms with Crippen LogP contribution in [-0.2, 0) is 6.54 Å². The Balaban J connectivity index is 2.01. The summed E-state index contributed by atoms with van der Waals surface area (Å²) >= 11 is 0. The van der Waals surface area contributed by atoms with Gasteiger partial charge >= 0.3 is 0 Å². The van der Waals surface area contributed by atoms with Gasteiger partial charge in [-0.05, 0) is 12.5 Å². The van der Waals surface area contributed by atoms with Crippen molar-refractivity contribution in [3.05, 3.63) is 42.0 Å². The molecule has 0 saturated carbocycles. The third-order valence-electron chi connectivity index (χ3n) is 3.09. The highest BCUT2D eigenvalue weighted by molar-refractivity contribution is 5.39. The summed E-state index contributed by atoms with van der Waals surface area (Å²) in [6.07, 6.45) is 4.47. The molecular weight excluding hydrogens is 242 g/mol. The molecule has 0 aliphatic heterocycles. The predicted octanol–water partition coefficient (Wildman–Crippen LogP) is 2.36. The van der Waals surface area contributed by atoms with Crippen LogP contribution in [0.15, 0.2) is 30.6 Å². The first-order valence-electron chi connectivity index (χ1n) is 6.33. The lowest BCUT2D eigenvalue weighted by Crippen LogP contribution is -2.21. The van der Waals surface area contributed by atoms with Gasteiger partial charge in [0.15, 0.2) is 0 Å². The van der Waals surface area contributed by atoms with E-state index in [9.17, 15) is 5.11 Å². The van der Waals surface area contributed by atoms with E-state index in [2.05, 4.69) is 22.2 Å². The minimum atomic E-state index is 0.150. The second-order valence-corrected chi connectivity index (χ2v) is 4.31. The molecule has 0 spiro atoms. The minimum Gasteiger partial charge on any atom is -0.507 e. The van der Waals surface area contributed by atoms with E-state index in [1.807, 2.05) is 18.3 Å². The molecule has 0 bridgehead atoms. The number of rotatable bonds is 6. The van der Waals surface area contributed by atoms with E-state index in [0.29, 0.717) is 12.3 Å². The van der Waals surface area contributed by atoms with Crippen LogP contribution in [0.4, 0.5) is 0 Å². The number of aromatic amines is 1. The number of aromatic nitrogens is 2. The van der Waals surface area contributed by atoms with Crippen LogP contribution in [-0.4, -0.2) is 22.2 Å². The van der Waals surface area contributed by atoms with Gasteiger partial charge in [-0.2, -0.15) is 0 Å². The molecule has 1 aromatic heterocycles. The van der Waals surface area contributed by atoms with Gasteiger partial charge in [-0.15, -0.1) is 0 Å². The first-order chi connectivity index (χ1) is 9.24. The zero-order chi connectivity index (χ0) is 13.7. The van der Waals surface area contributed by atoms with Gasteiger partial charge in [0.25, 0.3) is 0 Å². The van der Waals surface area contributed by atoms with Crippen molar-refractivity contribution in [1.29, 1.82) is 0 Å². The number of nitrogens with zero attached hydrogens (tertiary/aromatic N) is 1. The smallest absolute Gasteiger partial charge is 0.123 e. The standard InChI is InChI=1S/C14H19N3O2/c1-3-12(14-15-6-7-16-14)17-9-10-4-5-11(19-2)8-13(10)18/h4-8,12,17-18H,3,9H2,1-2H3,(H,15,16). The van der Waals surface area contributed by atoms with Gasteiger partial charge in [0.2, 0.25) is 0 Å². The van der Waals surface area contributed by atoms with Crippen LogP contribution in [0, 0.1) is 0 Å². The first-order valence-corrected chi connectivity index (χ1v) is 6.33. The lowest BCUT2D eigenvalue weighted by Gasteiger charge is -2.15. The maximum Gasteiger partial charge on any atom is 0.123 e. The molecule has 2 rings (SSSR count). The van der Waals surface area contributed by atoms with Crippen molar-refractivity contribution in [2.45, 2.75) is 25.9 Å². The highest BCUT2D eigenvalue weighted by Gasteiger charge is 2.12. The van der Waals surface area contributed by atoms with Crippen LogP contribution in [0.3, 0.4) is 0 Å². The molecule has 0 radical (unpaired) electrons. The number of benzene rings is 1. The van der Waals surface area contributed by atoms with Crippen molar-refractivity contribution in [3.8, 4) is 11.5 Å². The second-order valence-electron chi connectivity index (χ2n) is 4.31. The Morgan fingerprint density at radius 2 is 2.32 bits per heavy atom. The number of imidazole rings is 1. The number of phenols is 1. The summed E-state index contributed by atoms with van der Waals surface area (Å²) in [4.78, 5) is 7.35. The Labute approximate surface area is 112 Å². The van der Waals surface area contributed by atoms with Crippen molar-refractivity contribution < 1.29 is 9.84 Å². The quantitative estimate of drug-likeness (QED) is 0.746. The minimum absolute atomic E-state index is 0.150. The number of nitrogens with one attached hydrogen (secondary N) is 2. The second kappa shape index (κ2) is 6.24. The molecule has 1 unspecified atom stereocenters. The predicted molar refractivity (Wildman–Crippen MR) is 73.1 cm³/mol. The number of methoxy groups -OCH3 is 1. The molecule has 3 N–H and O–H groups in total. The fraction of sp³-hybridized carbons (Fsp3) is 0.357. The summed E-state index contributed by atoms with van der Waals surface area (Å²) in [6.45, 7) is 2.67. The molecule has 5 nitrogen and oxygen atoms in total. The first kappa shape index (κ1) is 13.4. The van der Waals surface area contributed by atoms with Gasteiger partial charge in [-0.3, -0.25) is 0 Å². The molecule has 0 saturated heterocycles. The molecule has 1 heterocycles. The summed E-state index contributed by atoms with van der Waals surface area (Å²) in [6, 6.07) is 5.46. The van der Waals surface area contributed by atoms with Gasteiger partial charge < -0.3 is 20.1 Å². The topological polar surface area (TPSA) is 70.2 Å². The lowest BCUT2D eigenvalue weighted by molar-refractivity contribution is 0.404. The summed E-state index contributed by atoms with van der Waals surface area (Å²) in [7, 11) is 1.58. The van der Waals surface area contributed by atoms with E-state index in [1.165, 1.54) is 0 Å². The SMILES string of the molecule is CCC(NCc1ccc(OC)cc1O)c1ncc[nH]1. The maximum atomic E-state index is 9.90. The van der Waals surface area contributed by atoms with Crippen LogP contribution < -0.4 is 10.1 Å². The van der Waals surface area contributed by atoms with Crippen molar-refractivity contribution in [1.82, 2.24) is 15.3 Å². The van der Waals surface area contributed by atoms with Crippen molar-refractivity contribution >= 4 is 0 Å². The van der Waals surface area contributed by atoms with E-state index in [0.717, 1.165) is 17.8 Å². The van der Waals surface area contributed by atoms with Gasteiger partial charge in [0.1, 0.15) is 17.3 Å².